The van der Waals surface area contributed by atoms with Gasteiger partial charge in [-0.05, 0) is 38.8 Å². The molecule has 0 radical (unpaired) electrons. The second-order valence-electron chi connectivity index (χ2n) is 5.78. The van der Waals surface area contributed by atoms with Gasteiger partial charge in [0.15, 0.2) is 0 Å². The Hall–Kier alpha value is -0.120. The molecule has 2 fully saturated rings. The number of rotatable bonds is 5. The zero-order valence-electron chi connectivity index (χ0n) is 11.7. The quantitative estimate of drug-likeness (QED) is 0.785. The Morgan fingerprint density at radius 3 is 2.29 bits per heavy atom. The van der Waals surface area contributed by atoms with E-state index in [9.17, 15) is 0 Å². The minimum atomic E-state index is 0.437. The second kappa shape index (κ2) is 6.17. The maximum atomic E-state index is 3.75. The highest BCUT2D eigenvalue weighted by molar-refractivity contribution is 4.95. The molecule has 3 nitrogen and oxygen atoms in total. The molecule has 1 N–H and O–H groups in total. The molecular weight excluding hydrogens is 210 g/mol. The zero-order valence-corrected chi connectivity index (χ0v) is 11.7. The molecule has 1 unspecified atom stereocenters. The lowest BCUT2D eigenvalue weighted by Gasteiger charge is -2.40. The summed E-state index contributed by atoms with van der Waals surface area (Å²) in [6, 6.07) is 0. The molecular formula is C14H29N3. The highest BCUT2D eigenvalue weighted by atomic mass is 15.3. The fourth-order valence-electron chi connectivity index (χ4n) is 3.33. The topological polar surface area (TPSA) is 18.5 Å². The molecule has 2 aliphatic heterocycles. The standard InChI is InChI=1S/C14H29N3/c1-3-8-16-9-11-17(12-10-16)13-14(4-2)6-5-7-15-14/h15H,3-13H2,1-2H3. The lowest BCUT2D eigenvalue weighted by Crippen LogP contribution is -2.54. The Bertz CT molecular complexity index is 216. The molecule has 17 heavy (non-hydrogen) atoms. The van der Waals surface area contributed by atoms with Gasteiger partial charge < -0.3 is 10.2 Å². The lowest BCUT2D eigenvalue weighted by molar-refractivity contribution is 0.103. The molecule has 2 rings (SSSR count). The maximum Gasteiger partial charge on any atom is 0.0306 e. The minimum absolute atomic E-state index is 0.437. The molecule has 100 valence electrons. The van der Waals surface area contributed by atoms with Crippen LogP contribution in [0.2, 0.25) is 0 Å². The first-order valence-corrected chi connectivity index (χ1v) is 7.48. The van der Waals surface area contributed by atoms with Gasteiger partial charge in [-0.2, -0.15) is 0 Å². The van der Waals surface area contributed by atoms with E-state index in [-0.39, 0.29) is 0 Å². The number of hydrogen-bond acceptors (Lipinski definition) is 3. The van der Waals surface area contributed by atoms with Gasteiger partial charge in [-0.3, -0.25) is 4.90 Å². The smallest absolute Gasteiger partial charge is 0.0306 e. The van der Waals surface area contributed by atoms with Crippen molar-refractivity contribution in [2.75, 3.05) is 45.8 Å². The summed E-state index contributed by atoms with van der Waals surface area (Å²) in [6.07, 6.45) is 5.31. The van der Waals surface area contributed by atoms with Crippen molar-refractivity contribution in [1.82, 2.24) is 15.1 Å². The highest BCUT2D eigenvalue weighted by Crippen LogP contribution is 2.24. The molecule has 0 aliphatic carbocycles. The van der Waals surface area contributed by atoms with E-state index in [1.165, 1.54) is 71.5 Å². The van der Waals surface area contributed by atoms with Crippen LogP contribution in [-0.2, 0) is 0 Å². The van der Waals surface area contributed by atoms with Crippen LogP contribution in [0.15, 0.2) is 0 Å². The molecule has 1 atom stereocenters. The Morgan fingerprint density at radius 2 is 1.76 bits per heavy atom. The van der Waals surface area contributed by atoms with Crippen LogP contribution in [0.1, 0.15) is 39.5 Å². The molecule has 2 heterocycles. The first kappa shape index (κ1) is 13.3. The van der Waals surface area contributed by atoms with Gasteiger partial charge in [0.1, 0.15) is 0 Å². The number of nitrogens with zero attached hydrogens (tertiary/aromatic N) is 2. The summed E-state index contributed by atoms with van der Waals surface area (Å²) in [6.45, 7) is 13.5. The normalized spacial score (nSPS) is 32.1. The fourth-order valence-corrected chi connectivity index (χ4v) is 3.33. The molecule has 0 aromatic carbocycles. The van der Waals surface area contributed by atoms with E-state index in [0.717, 1.165) is 0 Å². The lowest BCUT2D eigenvalue weighted by atomic mass is 9.93. The highest BCUT2D eigenvalue weighted by Gasteiger charge is 2.33. The molecule has 0 aromatic heterocycles. The minimum Gasteiger partial charge on any atom is -0.310 e. The summed E-state index contributed by atoms with van der Waals surface area (Å²) in [7, 11) is 0. The van der Waals surface area contributed by atoms with Crippen LogP contribution in [0.3, 0.4) is 0 Å². The average Bonchev–Trinajstić information content (AvgIpc) is 2.81. The van der Waals surface area contributed by atoms with Gasteiger partial charge in [0.2, 0.25) is 0 Å². The molecule has 2 aliphatic rings. The SMILES string of the molecule is CCCN1CCN(CC2(CC)CCCN2)CC1. The van der Waals surface area contributed by atoms with E-state index in [2.05, 4.69) is 29.0 Å². The zero-order chi connectivity index (χ0) is 12.1. The van der Waals surface area contributed by atoms with Crippen LogP contribution >= 0.6 is 0 Å². The van der Waals surface area contributed by atoms with Gasteiger partial charge in [-0.15, -0.1) is 0 Å². The predicted octanol–water partition coefficient (Wildman–Crippen LogP) is 1.55. The summed E-state index contributed by atoms with van der Waals surface area (Å²) in [5.74, 6) is 0. The van der Waals surface area contributed by atoms with Gasteiger partial charge in [0.25, 0.3) is 0 Å². The largest absolute Gasteiger partial charge is 0.310 e. The van der Waals surface area contributed by atoms with Crippen molar-refractivity contribution in [2.45, 2.75) is 45.1 Å². The van der Waals surface area contributed by atoms with E-state index >= 15 is 0 Å². The predicted molar refractivity (Wildman–Crippen MR) is 73.4 cm³/mol. The first-order chi connectivity index (χ1) is 8.28. The molecule has 0 spiro atoms. The third-order valence-corrected chi connectivity index (χ3v) is 4.54. The second-order valence-corrected chi connectivity index (χ2v) is 5.78. The fraction of sp³-hybridized carbons (Fsp3) is 1.00. The van der Waals surface area contributed by atoms with E-state index in [1.807, 2.05) is 0 Å². The third-order valence-electron chi connectivity index (χ3n) is 4.54. The van der Waals surface area contributed by atoms with Crippen molar-refractivity contribution in [2.24, 2.45) is 0 Å². The molecule has 0 saturated carbocycles. The Labute approximate surface area is 107 Å². The van der Waals surface area contributed by atoms with Crippen molar-refractivity contribution < 1.29 is 0 Å². The maximum absolute atomic E-state index is 3.75. The monoisotopic (exact) mass is 239 g/mol. The van der Waals surface area contributed by atoms with Gasteiger partial charge in [-0.1, -0.05) is 13.8 Å². The molecule has 0 bridgehead atoms. The Morgan fingerprint density at radius 1 is 1.06 bits per heavy atom. The molecule has 0 amide bonds. The summed E-state index contributed by atoms with van der Waals surface area (Å²) in [5.41, 5.74) is 0.437. The Kier molecular flexibility index (Phi) is 4.83. The van der Waals surface area contributed by atoms with Crippen LogP contribution in [0.5, 0.6) is 0 Å². The molecule has 0 aromatic rings. The summed E-state index contributed by atoms with van der Waals surface area (Å²) in [5, 5.41) is 3.75. The van der Waals surface area contributed by atoms with Crippen LogP contribution in [0, 0.1) is 0 Å². The van der Waals surface area contributed by atoms with Crippen molar-refractivity contribution in [3.05, 3.63) is 0 Å². The third kappa shape index (κ3) is 3.43. The molecule has 2 saturated heterocycles. The first-order valence-electron chi connectivity index (χ1n) is 7.48. The van der Waals surface area contributed by atoms with Crippen LogP contribution in [0.4, 0.5) is 0 Å². The number of piperazine rings is 1. The van der Waals surface area contributed by atoms with Crippen LogP contribution in [0.25, 0.3) is 0 Å². The summed E-state index contributed by atoms with van der Waals surface area (Å²) in [4.78, 5) is 5.28. The van der Waals surface area contributed by atoms with E-state index < -0.39 is 0 Å². The summed E-state index contributed by atoms with van der Waals surface area (Å²) >= 11 is 0. The van der Waals surface area contributed by atoms with Gasteiger partial charge in [0, 0.05) is 38.3 Å². The van der Waals surface area contributed by atoms with Crippen molar-refractivity contribution in [3.63, 3.8) is 0 Å². The van der Waals surface area contributed by atoms with Crippen molar-refractivity contribution in [3.8, 4) is 0 Å². The van der Waals surface area contributed by atoms with Crippen molar-refractivity contribution in [1.29, 1.82) is 0 Å². The number of nitrogens with one attached hydrogen (secondary N) is 1. The van der Waals surface area contributed by atoms with Gasteiger partial charge in [0.05, 0.1) is 0 Å². The summed E-state index contributed by atoms with van der Waals surface area (Å²) < 4.78 is 0. The van der Waals surface area contributed by atoms with E-state index in [1.54, 1.807) is 0 Å². The van der Waals surface area contributed by atoms with E-state index in [4.69, 9.17) is 0 Å². The van der Waals surface area contributed by atoms with E-state index in [0.29, 0.717) is 5.54 Å². The van der Waals surface area contributed by atoms with Gasteiger partial charge >= 0.3 is 0 Å². The van der Waals surface area contributed by atoms with Crippen LogP contribution in [-0.4, -0.2) is 61.2 Å². The van der Waals surface area contributed by atoms with Crippen molar-refractivity contribution >= 4 is 0 Å². The number of hydrogen-bond donors (Lipinski definition) is 1. The van der Waals surface area contributed by atoms with Gasteiger partial charge in [-0.25, -0.2) is 0 Å². The molecule has 3 heteroatoms. The Balaban J connectivity index is 1.77. The van der Waals surface area contributed by atoms with Crippen LogP contribution < -0.4 is 5.32 Å². The average molecular weight is 239 g/mol.